The first-order valence-corrected chi connectivity index (χ1v) is 9.38. The second-order valence-corrected chi connectivity index (χ2v) is 8.18. The maximum absolute atomic E-state index is 11.6. The molecule has 0 heterocycles. The van der Waals surface area contributed by atoms with Crippen LogP contribution in [-0.2, 0) is 9.84 Å². The summed E-state index contributed by atoms with van der Waals surface area (Å²) in [5, 5.41) is 12.6. The van der Waals surface area contributed by atoms with E-state index in [9.17, 15) is 13.5 Å². The van der Waals surface area contributed by atoms with Gasteiger partial charge in [0.2, 0.25) is 0 Å². The summed E-state index contributed by atoms with van der Waals surface area (Å²) in [6.07, 6.45) is 6.95. The van der Waals surface area contributed by atoms with Gasteiger partial charge < -0.3 is 10.4 Å². The van der Waals surface area contributed by atoms with Gasteiger partial charge in [0.25, 0.3) is 0 Å². The number of rotatable bonds is 8. The highest BCUT2D eigenvalue weighted by Gasteiger charge is 2.25. The van der Waals surface area contributed by atoms with Crippen molar-refractivity contribution in [1.29, 1.82) is 0 Å². The highest BCUT2D eigenvalue weighted by Crippen LogP contribution is 2.28. The van der Waals surface area contributed by atoms with Crippen LogP contribution in [0.5, 0.6) is 0 Å². The molecular weight excluding hydrogens is 262 g/mol. The van der Waals surface area contributed by atoms with Crippen molar-refractivity contribution < 1.29 is 13.5 Å². The average molecular weight is 291 g/mol. The van der Waals surface area contributed by atoms with Crippen LogP contribution in [0.2, 0.25) is 0 Å². The van der Waals surface area contributed by atoms with Gasteiger partial charge in [-0.25, -0.2) is 8.42 Å². The van der Waals surface area contributed by atoms with Crippen LogP contribution in [0.3, 0.4) is 0 Å². The molecule has 1 rings (SSSR count). The predicted molar refractivity (Wildman–Crippen MR) is 79.0 cm³/mol. The highest BCUT2D eigenvalue weighted by atomic mass is 32.2. The van der Waals surface area contributed by atoms with Crippen molar-refractivity contribution in [3.05, 3.63) is 0 Å². The molecule has 0 aliphatic heterocycles. The standard InChI is InChI=1S/C14H29NO3S/c1-3-19(17,18)11-12(2)15-14(9-10-16)13-7-5-4-6-8-13/h12-16H,3-11H2,1-2H3. The van der Waals surface area contributed by atoms with Crippen LogP contribution in [-0.4, -0.2) is 43.7 Å². The van der Waals surface area contributed by atoms with E-state index in [2.05, 4.69) is 5.32 Å². The summed E-state index contributed by atoms with van der Waals surface area (Å²) in [6, 6.07) is 0.218. The molecule has 0 radical (unpaired) electrons. The Kier molecular flexibility index (Phi) is 7.32. The molecule has 2 N–H and O–H groups in total. The van der Waals surface area contributed by atoms with Crippen LogP contribution < -0.4 is 5.32 Å². The Labute approximate surface area is 117 Å². The lowest BCUT2D eigenvalue weighted by molar-refractivity contribution is 0.200. The van der Waals surface area contributed by atoms with Gasteiger partial charge in [0.15, 0.2) is 9.84 Å². The molecule has 1 aliphatic carbocycles. The summed E-state index contributed by atoms with van der Waals surface area (Å²) >= 11 is 0. The average Bonchev–Trinajstić information content (AvgIpc) is 2.38. The largest absolute Gasteiger partial charge is 0.396 e. The molecular formula is C14H29NO3S. The van der Waals surface area contributed by atoms with Gasteiger partial charge in [-0.1, -0.05) is 26.2 Å². The second kappa shape index (κ2) is 8.22. The maximum Gasteiger partial charge on any atom is 0.151 e. The van der Waals surface area contributed by atoms with E-state index < -0.39 is 9.84 Å². The molecule has 0 saturated heterocycles. The van der Waals surface area contributed by atoms with Crippen molar-refractivity contribution in [3.63, 3.8) is 0 Å². The molecule has 0 aromatic rings. The molecule has 19 heavy (non-hydrogen) atoms. The van der Waals surface area contributed by atoms with E-state index in [1.807, 2.05) is 6.92 Å². The normalized spacial score (nSPS) is 21.2. The highest BCUT2D eigenvalue weighted by molar-refractivity contribution is 7.91. The monoisotopic (exact) mass is 291 g/mol. The lowest BCUT2D eigenvalue weighted by Gasteiger charge is -2.33. The zero-order valence-corrected chi connectivity index (χ0v) is 13.1. The third-order valence-corrected chi connectivity index (χ3v) is 5.99. The zero-order valence-electron chi connectivity index (χ0n) is 12.3. The van der Waals surface area contributed by atoms with E-state index in [4.69, 9.17) is 0 Å². The maximum atomic E-state index is 11.6. The molecule has 0 aromatic carbocycles. The summed E-state index contributed by atoms with van der Waals surface area (Å²) in [7, 11) is -2.94. The molecule has 2 unspecified atom stereocenters. The third kappa shape index (κ3) is 6.23. The van der Waals surface area contributed by atoms with Gasteiger partial charge in [0.1, 0.15) is 0 Å². The number of aliphatic hydroxyl groups is 1. The van der Waals surface area contributed by atoms with Crippen molar-refractivity contribution in [2.75, 3.05) is 18.1 Å². The van der Waals surface area contributed by atoms with Crippen molar-refractivity contribution in [2.45, 2.75) is 64.5 Å². The van der Waals surface area contributed by atoms with Crippen molar-refractivity contribution in [1.82, 2.24) is 5.32 Å². The van der Waals surface area contributed by atoms with Crippen molar-refractivity contribution in [3.8, 4) is 0 Å². The molecule has 1 saturated carbocycles. The first-order valence-electron chi connectivity index (χ1n) is 7.56. The fraction of sp³-hybridized carbons (Fsp3) is 1.00. The Morgan fingerprint density at radius 2 is 1.89 bits per heavy atom. The topological polar surface area (TPSA) is 66.4 Å². The minimum Gasteiger partial charge on any atom is -0.396 e. The summed E-state index contributed by atoms with van der Waals surface area (Å²) in [5.41, 5.74) is 0. The van der Waals surface area contributed by atoms with E-state index in [1.54, 1.807) is 6.92 Å². The van der Waals surface area contributed by atoms with Crippen LogP contribution in [0, 0.1) is 5.92 Å². The van der Waals surface area contributed by atoms with E-state index in [0.29, 0.717) is 5.92 Å². The molecule has 0 spiro atoms. The molecule has 0 bridgehead atoms. The Bertz CT molecular complexity index is 337. The Hall–Kier alpha value is -0.130. The minimum atomic E-state index is -2.94. The van der Waals surface area contributed by atoms with Gasteiger partial charge in [0, 0.05) is 24.4 Å². The van der Waals surface area contributed by atoms with E-state index >= 15 is 0 Å². The predicted octanol–water partition coefficient (Wildman–Crippen LogP) is 1.73. The molecule has 1 aliphatic rings. The minimum absolute atomic E-state index is 0.0385. The summed E-state index contributed by atoms with van der Waals surface area (Å²) in [5.74, 6) is 0.985. The number of hydrogen-bond acceptors (Lipinski definition) is 4. The number of nitrogens with one attached hydrogen (secondary N) is 1. The molecule has 2 atom stereocenters. The van der Waals surface area contributed by atoms with Gasteiger partial charge in [-0.05, 0) is 32.1 Å². The Morgan fingerprint density at radius 1 is 1.26 bits per heavy atom. The SMILES string of the molecule is CCS(=O)(=O)CC(C)NC(CCO)C1CCCCC1. The van der Waals surface area contributed by atoms with E-state index in [1.165, 1.54) is 32.1 Å². The molecule has 114 valence electrons. The van der Waals surface area contributed by atoms with Gasteiger partial charge >= 0.3 is 0 Å². The van der Waals surface area contributed by atoms with Crippen molar-refractivity contribution >= 4 is 9.84 Å². The number of sulfone groups is 1. The molecule has 4 nitrogen and oxygen atoms in total. The van der Waals surface area contributed by atoms with Crippen LogP contribution >= 0.6 is 0 Å². The van der Waals surface area contributed by atoms with Gasteiger partial charge in [-0.15, -0.1) is 0 Å². The van der Waals surface area contributed by atoms with Gasteiger partial charge in [-0.3, -0.25) is 0 Å². The van der Waals surface area contributed by atoms with Crippen LogP contribution in [0.1, 0.15) is 52.4 Å². The quantitative estimate of drug-likeness (QED) is 0.715. The summed E-state index contributed by atoms with van der Waals surface area (Å²) in [6.45, 7) is 3.79. The van der Waals surface area contributed by atoms with E-state index in [-0.39, 0.29) is 30.2 Å². The smallest absolute Gasteiger partial charge is 0.151 e. The van der Waals surface area contributed by atoms with E-state index in [0.717, 1.165) is 6.42 Å². The Balaban J connectivity index is 2.52. The number of aliphatic hydroxyl groups excluding tert-OH is 1. The first-order chi connectivity index (χ1) is 8.98. The van der Waals surface area contributed by atoms with Gasteiger partial charge in [0.05, 0.1) is 5.75 Å². The third-order valence-electron chi connectivity index (χ3n) is 4.10. The summed E-state index contributed by atoms with van der Waals surface area (Å²) < 4.78 is 23.3. The number of hydrogen-bond donors (Lipinski definition) is 2. The molecule has 0 amide bonds. The summed E-state index contributed by atoms with van der Waals surface area (Å²) in [4.78, 5) is 0. The fourth-order valence-electron chi connectivity index (χ4n) is 3.04. The lowest BCUT2D eigenvalue weighted by atomic mass is 9.82. The lowest BCUT2D eigenvalue weighted by Crippen LogP contribution is -2.45. The van der Waals surface area contributed by atoms with Crippen LogP contribution in [0.4, 0.5) is 0 Å². The second-order valence-electron chi connectivity index (χ2n) is 5.78. The molecule has 5 heteroatoms. The van der Waals surface area contributed by atoms with Crippen LogP contribution in [0.25, 0.3) is 0 Å². The molecule has 0 aromatic heterocycles. The Morgan fingerprint density at radius 3 is 2.42 bits per heavy atom. The van der Waals surface area contributed by atoms with Crippen LogP contribution in [0.15, 0.2) is 0 Å². The first kappa shape index (κ1) is 16.9. The fourth-order valence-corrected chi connectivity index (χ4v) is 4.14. The zero-order chi connectivity index (χ0) is 14.3. The molecule has 1 fully saturated rings. The van der Waals surface area contributed by atoms with Gasteiger partial charge in [-0.2, -0.15) is 0 Å². The van der Waals surface area contributed by atoms with Crippen molar-refractivity contribution in [2.24, 2.45) is 5.92 Å².